The van der Waals surface area contributed by atoms with E-state index < -0.39 is 0 Å². The topological polar surface area (TPSA) is 30.4 Å². The van der Waals surface area contributed by atoms with E-state index >= 15 is 0 Å². The van der Waals surface area contributed by atoms with Gasteiger partial charge >= 0.3 is 0 Å². The number of hydrogen-bond donors (Lipinski definition) is 0. The summed E-state index contributed by atoms with van der Waals surface area (Å²) in [7, 11) is 0. The minimum atomic E-state index is 0.886. The first-order valence-electron chi connectivity index (χ1n) is 22.5. The van der Waals surface area contributed by atoms with Gasteiger partial charge in [0, 0.05) is 39.2 Å². The minimum Gasteiger partial charge on any atom is -0.311 e. The molecule has 310 valence electrons. The van der Waals surface area contributed by atoms with Gasteiger partial charge in [0.25, 0.3) is 0 Å². The molecule has 0 aliphatic rings. The third-order valence-corrected chi connectivity index (χ3v) is 13.1. The largest absolute Gasteiger partial charge is 0.311 e. The van der Waals surface area contributed by atoms with Crippen LogP contribution in [0.2, 0.25) is 0 Å². The van der Waals surface area contributed by atoms with Crippen LogP contribution in [0.3, 0.4) is 0 Å². The summed E-state index contributed by atoms with van der Waals surface area (Å²) in [5, 5.41) is 2.42. The van der Waals surface area contributed by atoms with Crippen LogP contribution in [-0.2, 0) is 0 Å². The minimum absolute atomic E-state index is 0.886. The molecule has 0 spiro atoms. The molecule has 0 saturated carbocycles. The second-order valence-electron chi connectivity index (χ2n) is 16.9. The van der Waals surface area contributed by atoms with Crippen LogP contribution < -0.4 is 4.90 Å². The number of hydrogen-bond acceptors (Lipinski definition) is 2. The second-order valence-corrected chi connectivity index (χ2v) is 16.9. The molecule has 0 fully saturated rings. The number of para-hydroxylation sites is 4. The molecule has 0 N–H and O–H groups in total. The first-order valence-corrected chi connectivity index (χ1v) is 22.5. The highest BCUT2D eigenvalue weighted by Gasteiger charge is 2.21. The normalized spacial score (nSPS) is 11.6. The lowest BCUT2D eigenvalue weighted by atomic mass is 10.0. The molecule has 10 aromatic carbocycles. The Labute approximate surface area is 381 Å². The quantitative estimate of drug-likeness (QED) is 0.153. The number of rotatable bonds is 8. The molecule has 0 radical (unpaired) electrons. The first kappa shape index (κ1) is 37.6. The van der Waals surface area contributed by atoms with E-state index in [2.05, 4.69) is 267 Å². The maximum Gasteiger partial charge on any atom is 0.220 e. The predicted molar refractivity (Wildman–Crippen MR) is 275 cm³/mol. The van der Waals surface area contributed by atoms with Crippen molar-refractivity contribution >= 4 is 66.7 Å². The van der Waals surface area contributed by atoms with Crippen LogP contribution in [0.25, 0.3) is 94.4 Å². The van der Waals surface area contributed by atoms with Crippen molar-refractivity contribution < 1.29 is 0 Å². The molecule has 3 aromatic heterocycles. The van der Waals surface area contributed by atoms with Crippen LogP contribution >= 0.6 is 0 Å². The fourth-order valence-electron chi connectivity index (χ4n) is 9.91. The van der Waals surface area contributed by atoms with Gasteiger partial charge < -0.3 is 9.47 Å². The standard InChI is InChI=1S/C61H41N5/c1-4-14-42(15-5-1)44-24-31-49(32-25-44)63(50-33-26-45(27-34-50)43-16-6-2-7-17-43)51-35-28-46(29-36-51)47-30-38-59-60(40-47)66-58-23-13-11-21-55(58)62-61(66)65(59)52-37-39-57-54(41-52)53-20-10-12-22-56(53)64(57)48-18-8-3-9-19-48/h1-41H. The molecule has 0 aliphatic carbocycles. The molecule has 0 unspecified atom stereocenters. The van der Waals surface area contributed by atoms with Gasteiger partial charge in [0.2, 0.25) is 5.78 Å². The fourth-order valence-corrected chi connectivity index (χ4v) is 9.91. The molecule has 66 heavy (non-hydrogen) atoms. The van der Waals surface area contributed by atoms with Gasteiger partial charge in [-0.15, -0.1) is 0 Å². The Bertz CT molecular complexity index is 3800. The average Bonchev–Trinajstić information content (AvgIpc) is 4.04. The number of aromatic nitrogens is 4. The Morgan fingerprint density at radius 1 is 0.288 bits per heavy atom. The Morgan fingerprint density at radius 3 is 1.38 bits per heavy atom. The summed E-state index contributed by atoms with van der Waals surface area (Å²) in [6, 6.07) is 89.3. The van der Waals surface area contributed by atoms with Gasteiger partial charge in [-0.2, -0.15) is 0 Å². The van der Waals surface area contributed by atoms with E-state index in [1.807, 2.05) is 0 Å². The molecule has 5 nitrogen and oxygen atoms in total. The highest BCUT2D eigenvalue weighted by atomic mass is 15.2. The monoisotopic (exact) mass is 843 g/mol. The Balaban J connectivity index is 0.917. The molecule has 0 amide bonds. The van der Waals surface area contributed by atoms with Gasteiger partial charge in [-0.25, -0.2) is 4.98 Å². The van der Waals surface area contributed by atoms with Crippen LogP contribution in [0.5, 0.6) is 0 Å². The van der Waals surface area contributed by atoms with Crippen molar-refractivity contribution in [3.63, 3.8) is 0 Å². The van der Waals surface area contributed by atoms with E-state index in [0.717, 1.165) is 67.4 Å². The van der Waals surface area contributed by atoms with Crippen LogP contribution in [0.4, 0.5) is 17.1 Å². The van der Waals surface area contributed by atoms with Crippen molar-refractivity contribution in [2.75, 3.05) is 4.90 Å². The summed E-state index contributed by atoms with van der Waals surface area (Å²) in [6.45, 7) is 0. The molecular weight excluding hydrogens is 803 g/mol. The Kier molecular flexibility index (Phi) is 8.78. The van der Waals surface area contributed by atoms with Gasteiger partial charge in [0.05, 0.1) is 33.1 Å². The highest BCUT2D eigenvalue weighted by Crippen LogP contribution is 2.40. The van der Waals surface area contributed by atoms with Crippen LogP contribution in [-0.4, -0.2) is 18.5 Å². The lowest BCUT2D eigenvalue weighted by Gasteiger charge is -2.26. The zero-order valence-electron chi connectivity index (χ0n) is 35.9. The van der Waals surface area contributed by atoms with E-state index in [1.54, 1.807) is 0 Å². The van der Waals surface area contributed by atoms with Gasteiger partial charge in [-0.1, -0.05) is 152 Å². The predicted octanol–water partition coefficient (Wildman–Crippen LogP) is 16.0. The van der Waals surface area contributed by atoms with Crippen molar-refractivity contribution in [3.05, 3.63) is 249 Å². The summed E-state index contributed by atoms with van der Waals surface area (Å²) in [5.74, 6) is 0.886. The van der Waals surface area contributed by atoms with Gasteiger partial charge in [-0.3, -0.25) is 8.97 Å². The third-order valence-electron chi connectivity index (χ3n) is 13.1. The number of benzene rings is 10. The van der Waals surface area contributed by atoms with Gasteiger partial charge in [0.15, 0.2) is 0 Å². The summed E-state index contributed by atoms with van der Waals surface area (Å²) in [6.07, 6.45) is 0. The van der Waals surface area contributed by atoms with Crippen molar-refractivity contribution in [2.45, 2.75) is 0 Å². The first-order chi connectivity index (χ1) is 32.7. The molecule has 13 aromatic rings. The van der Waals surface area contributed by atoms with Crippen molar-refractivity contribution in [1.82, 2.24) is 18.5 Å². The van der Waals surface area contributed by atoms with Gasteiger partial charge in [-0.05, 0) is 130 Å². The van der Waals surface area contributed by atoms with Crippen molar-refractivity contribution in [1.29, 1.82) is 0 Å². The summed E-state index contributed by atoms with van der Waals surface area (Å²) >= 11 is 0. The van der Waals surface area contributed by atoms with Crippen LogP contribution in [0, 0.1) is 0 Å². The van der Waals surface area contributed by atoms with E-state index in [1.165, 1.54) is 44.1 Å². The van der Waals surface area contributed by atoms with E-state index in [9.17, 15) is 0 Å². The lowest BCUT2D eigenvalue weighted by molar-refractivity contribution is 1.11. The smallest absolute Gasteiger partial charge is 0.220 e. The summed E-state index contributed by atoms with van der Waals surface area (Å²) < 4.78 is 7.00. The average molecular weight is 844 g/mol. The van der Waals surface area contributed by atoms with E-state index in [-0.39, 0.29) is 0 Å². The van der Waals surface area contributed by atoms with E-state index in [4.69, 9.17) is 4.98 Å². The molecule has 0 saturated heterocycles. The SMILES string of the molecule is c1ccc(-c2ccc(N(c3ccc(-c4ccccc4)cc3)c3ccc(-c4ccc5c(c4)n4c6ccccc6nc4n5-c4ccc5c(c4)c4ccccc4n5-c4ccccc4)cc3)cc2)cc1. The summed E-state index contributed by atoms with van der Waals surface area (Å²) in [5.41, 5.74) is 19.1. The molecule has 5 heteroatoms. The molecule has 3 heterocycles. The van der Waals surface area contributed by atoms with Crippen LogP contribution in [0.15, 0.2) is 249 Å². The molecule has 0 bridgehead atoms. The number of anilines is 3. The Hall–Kier alpha value is -8.93. The lowest BCUT2D eigenvalue weighted by Crippen LogP contribution is -2.09. The number of fused-ring (bicyclic) bond motifs is 8. The fraction of sp³-hybridized carbons (Fsp3) is 0. The van der Waals surface area contributed by atoms with E-state index in [0.29, 0.717) is 0 Å². The number of nitrogens with zero attached hydrogens (tertiary/aromatic N) is 5. The van der Waals surface area contributed by atoms with Crippen molar-refractivity contribution in [3.8, 4) is 44.8 Å². The van der Waals surface area contributed by atoms with Gasteiger partial charge in [0.1, 0.15) is 0 Å². The van der Waals surface area contributed by atoms with Crippen LogP contribution in [0.1, 0.15) is 0 Å². The maximum absolute atomic E-state index is 5.28. The third kappa shape index (κ3) is 6.21. The number of imidazole rings is 2. The zero-order chi connectivity index (χ0) is 43.6. The Morgan fingerprint density at radius 2 is 0.758 bits per heavy atom. The molecule has 13 rings (SSSR count). The van der Waals surface area contributed by atoms with Crippen molar-refractivity contribution in [2.24, 2.45) is 0 Å². The zero-order valence-corrected chi connectivity index (χ0v) is 35.9. The highest BCUT2D eigenvalue weighted by molar-refractivity contribution is 6.10. The molecular formula is C61H41N5. The second kappa shape index (κ2) is 15.4. The molecule has 0 atom stereocenters. The summed E-state index contributed by atoms with van der Waals surface area (Å²) in [4.78, 5) is 7.61. The maximum atomic E-state index is 5.28. The molecule has 0 aliphatic heterocycles.